The van der Waals surface area contributed by atoms with Crippen molar-refractivity contribution in [2.24, 2.45) is 11.3 Å². The van der Waals surface area contributed by atoms with E-state index in [1.165, 1.54) is 11.6 Å². The van der Waals surface area contributed by atoms with Crippen LogP contribution in [0.15, 0.2) is 30.3 Å². The fraction of sp³-hybridized carbons (Fsp3) is 0.435. The summed E-state index contributed by atoms with van der Waals surface area (Å²) in [5, 5.41) is 6.38. The molecule has 0 saturated carbocycles. The van der Waals surface area contributed by atoms with Gasteiger partial charge >= 0.3 is 0 Å². The van der Waals surface area contributed by atoms with E-state index in [0.717, 1.165) is 29.3 Å². The van der Waals surface area contributed by atoms with Gasteiger partial charge in [-0.25, -0.2) is 8.78 Å². The Morgan fingerprint density at radius 1 is 1.14 bits per heavy atom. The molecule has 2 aromatic rings. The van der Waals surface area contributed by atoms with E-state index in [-0.39, 0.29) is 17.4 Å². The Labute approximate surface area is 165 Å². The standard InChI is InChI=1S/C23H28F2N2O/c1-13-9-17-15(10-20(13)27-21(28)12-23(3,4)5)8-14(2)22(17)26-16-6-7-18(24)19(25)11-16/h6-7,9-11,14,22,26H,8,12H2,1-5H3,(H,27,28). The van der Waals surface area contributed by atoms with Crippen LogP contribution in [-0.4, -0.2) is 5.91 Å². The number of halogens is 2. The largest absolute Gasteiger partial charge is 0.378 e. The zero-order valence-electron chi connectivity index (χ0n) is 17.1. The molecular formula is C23H28F2N2O. The summed E-state index contributed by atoms with van der Waals surface area (Å²) in [4.78, 5) is 12.3. The summed E-state index contributed by atoms with van der Waals surface area (Å²) in [7, 11) is 0. The van der Waals surface area contributed by atoms with Crippen LogP contribution in [0.1, 0.15) is 56.8 Å². The third kappa shape index (κ3) is 4.51. The minimum atomic E-state index is -0.857. The number of hydrogen-bond donors (Lipinski definition) is 2. The van der Waals surface area contributed by atoms with Gasteiger partial charge in [-0.1, -0.05) is 33.8 Å². The molecule has 1 aliphatic carbocycles. The van der Waals surface area contributed by atoms with Gasteiger partial charge in [0.05, 0.1) is 6.04 Å². The SMILES string of the molecule is Cc1cc2c(cc1NC(=O)CC(C)(C)C)CC(C)C2Nc1ccc(F)c(F)c1. The number of carbonyl (C=O) groups excluding carboxylic acids is 1. The molecule has 2 aromatic carbocycles. The topological polar surface area (TPSA) is 41.1 Å². The summed E-state index contributed by atoms with van der Waals surface area (Å²) in [6.45, 7) is 10.2. The second-order valence-electron chi connectivity index (χ2n) is 9.08. The van der Waals surface area contributed by atoms with Gasteiger partial charge in [-0.15, -0.1) is 0 Å². The van der Waals surface area contributed by atoms with Crippen LogP contribution in [0.5, 0.6) is 0 Å². The number of aryl methyl sites for hydroxylation is 1. The Morgan fingerprint density at radius 3 is 2.50 bits per heavy atom. The monoisotopic (exact) mass is 386 g/mol. The molecule has 2 unspecified atom stereocenters. The number of nitrogens with one attached hydrogen (secondary N) is 2. The van der Waals surface area contributed by atoms with Gasteiger partial charge in [0.1, 0.15) is 0 Å². The van der Waals surface area contributed by atoms with E-state index in [4.69, 9.17) is 0 Å². The van der Waals surface area contributed by atoms with Crippen LogP contribution in [-0.2, 0) is 11.2 Å². The Kier molecular flexibility index (Phi) is 5.46. The smallest absolute Gasteiger partial charge is 0.224 e. The maximum atomic E-state index is 13.5. The average molecular weight is 386 g/mol. The number of hydrogen-bond acceptors (Lipinski definition) is 2. The minimum absolute atomic E-state index is 0.0119. The molecule has 1 aliphatic rings. The van der Waals surface area contributed by atoms with Gasteiger partial charge in [-0.3, -0.25) is 4.79 Å². The van der Waals surface area contributed by atoms with Crippen molar-refractivity contribution in [3.05, 3.63) is 58.7 Å². The van der Waals surface area contributed by atoms with E-state index in [2.05, 4.69) is 29.7 Å². The Morgan fingerprint density at radius 2 is 1.86 bits per heavy atom. The van der Waals surface area contributed by atoms with Crippen molar-refractivity contribution in [3.8, 4) is 0 Å². The summed E-state index contributed by atoms with van der Waals surface area (Å²) < 4.78 is 26.7. The van der Waals surface area contributed by atoms with E-state index in [1.807, 2.05) is 27.7 Å². The first-order chi connectivity index (χ1) is 13.0. The molecule has 0 saturated heterocycles. The summed E-state index contributed by atoms with van der Waals surface area (Å²) in [5.41, 5.74) is 4.64. The van der Waals surface area contributed by atoms with Gasteiger partial charge in [0, 0.05) is 23.9 Å². The zero-order valence-corrected chi connectivity index (χ0v) is 17.1. The first-order valence-electron chi connectivity index (χ1n) is 9.68. The molecule has 3 nitrogen and oxygen atoms in total. The summed E-state index contributed by atoms with van der Waals surface area (Å²) >= 11 is 0. The third-order valence-corrected chi connectivity index (χ3v) is 5.14. The molecule has 28 heavy (non-hydrogen) atoms. The number of amides is 1. The molecule has 150 valence electrons. The van der Waals surface area contributed by atoms with Crippen LogP contribution in [0.3, 0.4) is 0 Å². The molecule has 5 heteroatoms. The van der Waals surface area contributed by atoms with Crippen LogP contribution >= 0.6 is 0 Å². The van der Waals surface area contributed by atoms with Crippen molar-refractivity contribution in [2.75, 3.05) is 10.6 Å². The van der Waals surface area contributed by atoms with Crippen LogP contribution in [0, 0.1) is 29.9 Å². The number of rotatable bonds is 4. The average Bonchev–Trinajstić information content (AvgIpc) is 2.85. The van der Waals surface area contributed by atoms with Crippen molar-refractivity contribution < 1.29 is 13.6 Å². The van der Waals surface area contributed by atoms with Crippen molar-refractivity contribution >= 4 is 17.3 Å². The third-order valence-electron chi connectivity index (χ3n) is 5.14. The summed E-state index contributed by atoms with van der Waals surface area (Å²) in [6, 6.07) is 8.03. The lowest BCUT2D eigenvalue weighted by molar-refractivity contribution is -0.117. The molecule has 0 bridgehead atoms. The highest BCUT2D eigenvalue weighted by Crippen LogP contribution is 2.40. The number of anilines is 2. The van der Waals surface area contributed by atoms with Crippen molar-refractivity contribution in [1.82, 2.24) is 0 Å². The highest BCUT2D eigenvalue weighted by Gasteiger charge is 2.30. The fourth-order valence-electron chi connectivity index (χ4n) is 3.81. The van der Waals surface area contributed by atoms with E-state index in [1.54, 1.807) is 6.07 Å². The molecule has 1 amide bonds. The molecule has 2 N–H and O–H groups in total. The molecule has 0 aromatic heterocycles. The van der Waals surface area contributed by atoms with Gasteiger partial charge in [0.15, 0.2) is 11.6 Å². The molecule has 3 rings (SSSR count). The normalized spacial score (nSPS) is 18.7. The van der Waals surface area contributed by atoms with E-state index in [0.29, 0.717) is 18.0 Å². The van der Waals surface area contributed by atoms with Crippen molar-refractivity contribution in [3.63, 3.8) is 0 Å². The van der Waals surface area contributed by atoms with Gasteiger partial charge < -0.3 is 10.6 Å². The first-order valence-corrected chi connectivity index (χ1v) is 9.68. The quantitative estimate of drug-likeness (QED) is 0.677. The fourth-order valence-corrected chi connectivity index (χ4v) is 3.81. The molecule has 0 radical (unpaired) electrons. The van der Waals surface area contributed by atoms with Crippen LogP contribution in [0.25, 0.3) is 0 Å². The predicted octanol–water partition coefficient (Wildman–Crippen LogP) is 5.99. The van der Waals surface area contributed by atoms with Gasteiger partial charge in [-0.2, -0.15) is 0 Å². The maximum absolute atomic E-state index is 13.5. The van der Waals surface area contributed by atoms with E-state index < -0.39 is 11.6 Å². The van der Waals surface area contributed by atoms with Gasteiger partial charge in [0.2, 0.25) is 5.91 Å². The van der Waals surface area contributed by atoms with Crippen molar-refractivity contribution in [1.29, 1.82) is 0 Å². The highest BCUT2D eigenvalue weighted by molar-refractivity contribution is 5.92. The lowest BCUT2D eigenvalue weighted by Crippen LogP contribution is -2.20. The lowest BCUT2D eigenvalue weighted by atomic mass is 9.92. The predicted molar refractivity (Wildman–Crippen MR) is 109 cm³/mol. The first kappa shape index (κ1) is 20.3. The molecule has 0 spiro atoms. The van der Waals surface area contributed by atoms with Gasteiger partial charge in [0.25, 0.3) is 0 Å². The highest BCUT2D eigenvalue weighted by atomic mass is 19.2. The zero-order chi connectivity index (χ0) is 20.6. The van der Waals surface area contributed by atoms with Crippen molar-refractivity contribution in [2.45, 2.75) is 53.5 Å². The Bertz CT molecular complexity index is 902. The summed E-state index contributed by atoms with van der Waals surface area (Å²) in [5.74, 6) is -1.40. The Hall–Kier alpha value is -2.43. The summed E-state index contributed by atoms with van der Waals surface area (Å²) in [6.07, 6.45) is 1.32. The van der Waals surface area contributed by atoms with Crippen LogP contribution in [0.4, 0.5) is 20.2 Å². The minimum Gasteiger partial charge on any atom is -0.378 e. The second-order valence-corrected chi connectivity index (χ2v) is 9.08. The Balaban J connectivity index is 1.82. The van der Waals surface area contributed by atoms with Crippen LogP contribution < -0.4 is 10.6 Å². The maximum Gasteiger partial charge on any atom is 0.224 e. The number of benzene rings is 2. The molecule has 0 fully saturated rings. The number of carbonyl (C=O) groups is 1. The van der Waals surface area contributed by atoms with E-state index in [9.17, 15) is 13.6 Å². The van der Waals surface area contributed by atoms with Crippen LogP contribution in [0.2, 0.25) is 0 Å². The lowest BCUT2D eigenvalue weighted by Gasteiger charge is -2.21. The molecule has 0 heterocycles. The molecular weight excluding hydrogens is 358 g/mol. The second kappa shape index (κ2) is 7.53. The van der Waals surface area contributed by atoms with E-state index >= 15 is 0 Å². The van der Waals surface area contributed by atoms with Gasteiger partial charge in [-0.05, 0) is 59.6 Å². The molecule has 2 atom stereocenters. The number of fused-ring (bicyclic) bond motifs is 1. The molecule has 0 aliphatic heterocycles.